The molecule has 2 N–H and O–H groups in total. The summed E-state index contributed by atoms with van der Waals surface area (Å²) in [5, 5.41) is 7.04. The lowest BCUT2D eigenvalue weighted by atomic mass is 10.1. The van der Waals surface area contributed by atoms with Crippen LogP contribution in [0.5, 0.6) is 0 Å². The van der Waals surface area contributed by atoms with E-state index in [1.807, 2.05) is 20.0 Å². The predicted octanol–water partition coefficient (Wildman–Crippen LogP) is 3.95. The number of aryl methyl sites for hydroxylation is 2. The highest BCUT2D eigenvalue weighted by atomic mass is 127. The highest BCUT2D eigenvalue weighted by Gasteiger charge is 2.20. The monoisotopic (exact) mass is 507 g/mol. The minimum absolute atomic E-state index is 0. The van der Waals surface area contributed by atoms with Gasteiger partial charge >= 0.3 is 0 Å². The average Bonchev–Trinajstić information content (AvgIpc) is 2.74. The van der Waals surface area contributed by atoms with Crippen molar-refractivity contribution in [2.24, 2.45) is 4.99 Å². The van der Waals surface area contributed by atoms with Crippen molar-refractivity contribution in [1.82, 2.24) is 15.6 Å². The molecule has 158 valence electrons. The van der Waals surface area contributed by atoms with Crippen molar-refractivity contribution in [3.63, 3.8) is 0 Å². The van der Waals surface area contributed by atoms with Gasteiger partial charge < -0.3 is 15.5 Å². The molecule has 1 fully saturated rings. The molecule has 3 rings (SSSR count). The van der Waals surface area contributed by atoms with E-state index in [0.717, 1.165) is 62.8 Å². The Labute approximate surface area is 192 Å². The summed E-state index contributed by atoms with van der Waals surface area (Å²) < 4.78 is 0. The number of hydrogen-bond acceptors (Lipinski definition) is 3. The van der Waals surface area contributed by atoms with Gasteiger partial charge in [0.05, 0.1) is 0 Å². The van der Waals surface area contributed by atoms with Crippen LogP contribution in [0.2, 0.25) is 0 Å². The highest BCUT2D eigenvalue weighted by molar-refractivity contribution is 14.0. The summed E-state index contributed by atoms with van der Waals surface area (Å²) in [5.74, 6) is 1.99. The first kappa shape index (κ1) is 23.4. The van der Waals surface area contributed by atoms with E-state index in [9.17, 15) is 0 Å². The van der Waals surface area contributed by atoms with E-state index in [0.29, 0.717) is 6.04 Å². The maximum Gasteiger partial charge on any atom is 0.191 e. The second-order valence-electron chi connectivity index (χ2n) is 7.46. The minimum Gasteiger partial charge on any atom is -0.356 e. The summed E-state index contributed by atoms with van der Waals surface area (Å²) in [6, 6.07) is 15.6. The van der Waals surface area contributed by atoms with Crippen LogP contribution in [0.4, 0.5) is 5.82 Å². The van der Waals surface area contributed by atoms with Crippen LogP contribution in [0.25, 0.3) is 0 Å². The number of guanidine groups is 1. The van der Waals surface area contributed by atoms with Gasteiger partial charge in [-0.25, -0.2) is 4.98 Å². The van der Waals surface area contributed by atoms with Crippen LogP contribution in [0.1, 0.15) is 36.6 Å². The van der Waals surface area contributed by atoms with E-state index in [4.69, 9.17) is 0 Å². The van der Waals surface area contributed by atoms with Crippen molar-refractivity contribution in [3.05, 3.63) is 59.3 Å². The van der Waals surface area contributed by atoms with Gasteiger partial charge in [0.15, 0.2) is 5.96 Å². The number of piperidine rings is 1. The maximum atomic E-state index is 4.65. The minimum atomic E-state index is 0. The van der Waals surface area contributed by atoms with E-state index in [-0.39, 0.29) is 24.0 Å². The predicted molar refractivity (Wildman–Crippen MR) is 134 cm³/mol. The molecule has 1 aliphatic rings. The lowest BCUT2D eigenvalue weighted by Gasteiger charge is -2.34. The molecule has 0 saturated carbocycles. The molecule has 6 heteroatoms. The Hall–Kier alpha value is -1.83. The highest BCUT2D eigenvalue weighted by Crippen LogP contribution is 2.18. The Morgan fingerprint density at radius 3 is 2.41 bits per heavy atom. The van der Waals surface area contributed by atoms with Crippen LogP contribution in [0.15, 0.2) is 47.5 Å². The molecular formula is C23H34IN5. The molecule has 2 aromatic rings. The van der Waals surface area contributed by atoms with Crippen molar-refractivity contribution in [1.29, 1.82) is 0 Å². The molecule has 1 aliphatic heterocycles. The number of nitrogens with zero attached hydrogens (tertiary/aromatic N) is 3. The molecule has 1 aromatic carbocycles. The number of halogens is 1. The third-order valence-corrected chi connectivity index (χ3v) is 5.39. The summed E-state index contributed by atoms with van der Waals surface area (Å²) >= 11 is 0. The number of aliphatic imine (C=N–C) groups is 1. The number of hydrogen-bond donors (Lipinski definition) is 2. The van der Waals surface area contributed by atoms with Gasteiger partial charge in [0.2, 0.25) is 0 Å². The van der Waals surface area contributed by atoms with Crippen molar-refractivity contribution < 1.29 is 0 Å². The molecule has 0 bridgehead atoms. The molecule has 0 radical (unpaired) electrons. The average molecular weight is 507 g/mol. The van der Waals surface area contributed by atoms with Crippen LogP contribution >= 0.6 is 24.0 Å². The SMILES string of the molecule is CCc1ccc(CCNC(=NC)NC2CCN(c3cccc(C)n3)CC2)cc1.I. The van der Waals surface area contributed by atoms with Gasteiger partial charge in [-0.15, -0.1) is 24.0 Å². The number of aromatic nitrogens is 1. The third kappa shape index (κ3) is 7.17. The first-order valence-electron chi connectivity index (χ1n) is 10.4. The largest absolute Gasteiger partial charge is 0.356 e. The van der Waals surface area contributed by atoms with Gasteiger partial charge in [-0.3, -0.25) is 4.99 Å². The topological polar surface area (TPSA) is 52.6 Å². The smallest absolute Gasteiger partial charge is 0.191 e. The summed E-state index contributed by atoms with van der Waals surface area (Å²) in [6.45, 7) is 7.17. The summed E-state index contributed by atoms with van der Waals surface area (Å²) in [7, 11) is 1.84. The Kier molecular flexibility index (Phi) is 9.70. The van der Waals surface area contributed by atoms with Gasteiger partial charge in [-0.05, 0) is 55.9 Å². The van der Waals surface area contributed by atoms with Crippen molar-refractivity contribution >= 4 is 35.8 Å². The van der Waals surface area contributed by atoms with Crippen LogP contribution < -0.4 is 15.5 Å². The molecule has 0 amide bonds. The van der Waals surface area contributed by atoms with E-state index < -0.39 is 0 Å². The Balaban J connectivity index is 0.00000300. The van der Waals surface area contributed by atoms with Crippen LogP contribution in [0, 0.1) is 6.92 Å². The van der Waals surface area contributed by atoms with Crippen LogP contribution in [-0.4, -0.2) is 43.7 Å². The lowest BCUT2D eigenvalue weighted by molar-refractivity contribution is 0.459. The number of benzene rings is 1. The molecular weight excluding hydrogens is 473 g/mol. The molecule has 0 spiro atoms. The summed E-state index contributed by atoms with van der Waals surface area (Å²) in [5.41, 5.74) is 3.83. The molecule has 5 nitrogen and oxygen atoms in total. The molecule has 29 heavy (non-hydrogen) atoms. The van der Waals surface area contributed by atoms with E-state index >= 15 is 0 Å². The van der Waals surface area contributed by atoms with E-state index in [1.165, 1.54) is 11.1 Å². The Morgan fingerprint density at radius 2 is 1.79 bits per heavy atom. The maximum absolute atomic E-state index is 4.65. The van der Waals surface area contributed by atoms with Crippen molar-refractivity contribution in [2.45, 2.75) is 45.6 Å². The fourth-order valence-corrected chi connectivity index (χ4v) is 3.61. The van der Waals surface area contributed by atoms with Crippen molar-refractivity contribution in [3.8, 4) is 0 Å². The first-order chi connectivity index (χ1) is 13.7. The number of pyridine rings is 1. The standard InChI is InChI=1S/C23H33N5.HI/c1-4-19-8-10-20(11-9-19)12-15-25-23(24-3)27-21-13-16-28(17-14-21)22-7-5-6-18(2)26-22;/h5-11,21H,4,12-17H2,1-3H3,(H2,24,25,27);1H. The zero-order valence-electron chi connectivity index (χ0n) is 17.8. The van der Waals surface area contributed by atoms with Gasteiger partial charge in [-0.2, -0.15) is 0 Å². The Morgan fingerprint density at radius 1 is 1.10 bits per heavy atom. The summed E-state index contributed by atoms with van der Waals surface area (Å²) in [6.07, 6.45) is 4.28. The summed E-state index contributed by atoms with van der Waals surface area (Å²) in [4.78, 5) is 11.4. The molecule has 0 aliphatic carbocycles. The molecule has 0 unspecified atom stereocenters. The number of nitrogens with one attached hydrogen (secondary N) is 2. The Bertz CT molecular complexity index is 767. The lowest BCUT2D eigenvalue weighted by Crippen LogP contribution is -2.49. The normalized spacial score (nSPS) is 15.0. The molecule has 0 atom stereocenters. The fourth-order valence-electron chi connectivity index (χ4n) is 3.61. The van der Waals surface area contributed by atoms with Gasteiger partial charge in [0.1, 0.15) is 5.82 Å². The molecule has 2 heterocycles. The molecule has 1 saturated heterocycles. The quantitative estimate of drug-likeness (QED) is 0.353. The first-order valence-corrected chi connectivity index (χ1v) is 10.4. The number of anilines is 1. The second kappa shape index (κ2) is 12.0. The van der Waals surface area contributed by atoms with Crippen LogP contribution in [0.3, 0.4) is 0 Å². The van der Waals surface area contributed by atoms with Gasteiger partial charge in [0.25, 0.3) is 0 Å². The van der Waals surface area contributed by atoms with Crippen LogP contribution in [-0.2, 0) is 12.8 Å². The number of rotatable bonds is 6. The zero-order chi connectivity index (χ0) is 19.8. The molecule has 1 aromatic heterocycles. The fraction of sp³-hybridized carbons (Fsp3) is 0.478. The second-order valence-corrected chi connectivity index (χ2v) is 7.46. The van der Waals surface area contributed by atoms with E-state index in [1.54, 1.807) is 0 Å². The van der Waals surface area contributed by atoms with E-state index in [2.05, 4.69) is 68.8 Å². The van der Waals surface area contributed by atoms with Crippen molar-refractivity contribution in [2.75, 3.05) is 31.6 Å². The zero-order valence-corrected chi connectivity index (χ0v) is 20.1. The van der Waals surface area contributed by atoms with Gasteiger partial charge in [-0.1, -0.05) is 37.3 Å². The van der Waals surface area contributed by atoms with Gasteiger partial charge in [0, 0.05) is 38.4 Å². The third-order valence-electron chi connectivity index (χ3n) is 5.39.